The van der Waals surface area contributed by atoms with Gasteiger partial charge in [0.25, 0.3) is 0 Å². The van der Waals surface area contributed by atoms with Crippen molar-refractivity contribution < 1.29 is 9.13 Å². The summed E-state index contributed by atoms with van der Waals surface area (Å²) in [5, 5.41) is 2.97. The van der Waals surface area contributed by atoms with Crippen LogP contribution >= 0.6 is 15.9 Å². The van der Waals surface area contributed by atoms with Gasteiger partial charge in [-0.3, -0.25) is 0 Å². The Hall–Kier alpha value is -1.05. The van der Waals surface area contributed by atoms with Gasteiger partial charge in [0.2, 0.25) is 0 Å². The number of nitrogens with one attached hydrogen (secondary N) is 1. The monoisotopic (exact) mass is 271 g/mol. The van der Waals surface area contributed by atoms with Crippen LogP contribution in [0.15, 0.2) is 22.7 Å². The number of benzene rings is 1. The van der Waals surface area contributed by atoms with Crippen molar-refractivity contribution in [1.29, 1.82) is 0 Å². The first-order valence-electron chi connectivity index (χ1n) is 4.46. The van der Waals surface area contributed by atoms with Gasteiger partial charge in [0, 0.05) is 12.6 Å². The van der Waals surface area contributed by atoms with Crippen LogP contribution in [0.25, 0.3) is 0 Å². The lowest BCUT2D eigenvalue weighted by Gasteiger charge is -2.07. The Morgan fingerprint density at radius 1 is 1.53 bits per heavy atom. The number of halogens is 2. The molecule has 0 aliphatic carbocycles. The van der Waals surface area contributed by atoms with Crippen LogP contribution in [0.2, 0.25) is 0 Å². The van der Waals surface area contributed by atoms with E-state index in [9.17, 15) is 4.39 Å². The fourth-order valence-electron chi connectivity index (χ4n) is 0.982. The maximum Gasteiger partial charge on any atom is 0.136 e. The molecule has 1 aromatic carbocycles. The van der Waals surface area contributed by atoms with Gasteiger partial charge in [-0.25, -0.2) is 4.39 Å². The van der Waals surface area contributed by atoms with Crippen LogP contribution in [-0.4, -0.2) is 19.7 Å². The quantitative estimate of drug-likeness (QED) is 0.655. The van der Waals surface area contributed by atoms with Crippen LogP contribution in [0.1, 0.15) is 0 Å². The zero-order chi connectivity index (χ0) is 11.1. The molecule has 80 valence electrons. The van der Waals surface area contributed by atoms with Gasteiger partial charge in [-0.05, 0) is 28.1 Å². The molecule has 4 heteroatoms. The van der Waals surface area contributed by atoms with Crippen LogP contribution < -0.4 is 10.1 Å². The smallest absolute Gasteiger partial charge is 0.136 e. The fraction of sp³-hybridized carbons (Fsp3) is 0.273. The van der Waals surface area contributed by atoms with Gasteiger partial charge in [-0.2, -0.15) is 0 Å². The molecule has 15 heavy (non-hydrogen) atoms. The zero-order valence-corrected chi connectivity index (χ0v) is 9.68. The van der Waals surface area contributed by atoms with E-state index in [4.69, 9.17) is 11.2 Å². The van der Waals surface area contributed by atoms with E-state index in [-0.39, 0.29) is 5.82 Å². The fourth-order valence-corrected chi connectivity index (χ4v) is 1.34. The summed E-state index contributed by atoms with van der Waals surface area (Å²) in [6, 6.07) is 4.32. The van der Waals surface area contributed by atoms with E-state index < -0.39 is 0 Å². The van der Waals surface area contributed by atoms with E-state index in [0.29, 0.717) is 25.4 Å². The first kappa shape index (κ1) is 12.0. The Morgan fingerprint density at radius 3 is 3.07 bits per heavy atom. The largest absolute Gasteiger partial charge is 0.491 e. The topological polar surface area (TPSA) is 21.3 Å². The molecule has 0 atom stereocenters. The van der Waals surface area contributed by atoms with E-state index in [1.54, 1.807) is 6.07 Å². The molecule has 0 saturated heterocycles. The summed E-state index contributed by atoms with van der Waals surface area (Å²) in [5.74, 6) is 2.63. The van der Waals surface area contributed by atoms with Gasteiger partial charge < -0.3 is 10.1 Å². The SMILES string of the molecule is C#CCNCCOc1cc(F)ccc1Br. The van der Waals surface area contributed by atoms with Crippen LogP contribution in [0, 0.1) is 18.2 Å². The molecule has 0 fully saturated rings. The number of terminal acetylenes is 1. The van der Waals surface area contributed by atoms with Crippen molar-refractivity contribution in [1.82, 2.24) is 5.32 Å². The lowest BCUT2D eigenvalue weighted by molar-refractivity contribution is 0.313. The summed E-state index contributed by atoms with van der Waals surface area (Å²) in [6.07, 6.45) is 5.06. The average Bonchev–Trinajstić information content (AvgIpc) is 2.23. The lowest BCUT2D eigenvalue weighted by Crippen LogP contribution is -2.21. The molecule has 2 nitrogen and oxygen atoms in total. The summed E-state index contributed by atoms with van der Waals surface area (Å²) in [4.78, 5) is 0. The third kappa shape index (κ3) is 4.32. The second-order valence-corrected chi connectivity index (χ2v) is 3.66. The summed E-state index contributed by atoms with van der Waals surface area (Å²) in [6.45, 7) is 1.59. The number of hydrogen-bond donors (Lipinski definition) is 1. The van der Waals surface area contributed by atoms with E-state index >= 15 is 0 Å². The molecular formula is C11H11BrFNO. The standard InChI is InChI=1S/C11H11BrFNO/c1-2-5-14-6-7-15-11-8-9(13)3-4-10(11)12/h1,3-4,8,14H,5-7H2. The number of hydrogen-bond acceptors (Lipinski definition) is 2. The molecule has 0 aliphatic rings. The highest BCUT2D eigenvalue weighted by atomic mass is 79.9. The lowest BCUT2D eigenvalue weighted by atomic mass is 10.3. The van der Waals surface area contributed by atoms with Gasteiger partial charge in [0.05, 0.1) is 11.0 Å². The van der Waals surface area contributed by atoms with Crippen molar-refractivity contribution in [2.45, 2.75) is 0 Å². The van der Waals surface area contributed by atoms with Crippen molar-refractivity contribution in [3.63, 3.8) is 0 Å². The Balaban J connectivity index is 2.37. The van der Waals surface area contributed by atoms with Crippen LogP contribution in [0.4, 0.5) is 4.39 Å². The zero-order valence-electron chi connectivity index (χ0n) is 8.09. The van der Waals surface area contributed by atoms with Crippen LogP contribution in [0.5, 0.6) is 5.75 Å². The Labute approximate surface area is 97.0 Å². The summed E-state index contributed by atoms with van der Waals surface area (Å²) >= 11 is 3.27. The van der Waals surface area contributed by atoms with Crippen LogP contribution in [0.3, 0.4) is 0 Å². The third-order valence-electron chi connectivity index (χ3n) is 1.66. The Bertz CT molecular complexity index is 362. The summed E-state index contributed by atoms with van der Waals surface area (Å²) in [7, 11) is 0. The minimum Gasteiger partial charge on any atom is -0.491 e. The molecule has 0 radical (unpaired) electrons. The first-order valence-corrected chi connectivity index (χ1v) is 5.25. The summed E-state index contributed by atoms with van der Waals surface area (Å²) in [5.41, 5.74) is 0. The Morgan fingerprint density at radius 2 is 2.33 bits per heavy atom. The number of rotatable bonds is 5. The van der Waals surface area contributed by atoms with Gasteiger partial charge >= 0.3 is 0 Å². The van der Waals surface area contributed by atoms with E-state index in [0.717, 1.165) is 4.47 Å². The Kier molecular flexibility index (Phi) is 5.16. The molecule has 1 N–H and O–H groups in total. The molecule has 0 heterocycles. The van der Waals surface area contributed by atoms with Crippen molar-refractivity contribution in [3.05, 3.63) is 28.5 Å². The van der Waals surface area contributed by atoms with Crippen molar-refractivity contribution in [2.24, 2.45) is 0 Å². The predicted molar refractivity (Wildman–Crippen MR) is 61.3 cm³/mol. The van der Waals surface area contributed by atoms with E-state index in [2.05, 4.69) is 27.2 Å². The molecule has 0 amide bonds. The minimum atomic E-state index is -0.315. The third-order valence-corrected chi connectivity index (χ3v) is 2.31. The first-order chi connectivity index (χ1) is 7.24. The predicted octanol–water partition coefficient (Wildman–Crippen LogP) is 2.19. The molecule has 0 spiro atoms. The van der Waals surface area contributed by atoms with Gasteiger partial charge in [0.15, 0.2) is 0 Å². The van der Waals surface area contributed by atoms with Crippen molar-refractivity contribution in [3.8, 4) is 18.1 Å². The molecule has 0 aliphatic heterocycles. The van der Waals surface area contributed by atoms with E-state index in [1.807, 2.05) is 0 Å². The van der Waals surface area contributed by atoms with Crippen LogP contribution in [-0.2, 0) is 0 Å². The van der Waals surface area contributed by atoms with Gasteiger partial charge in [-0.15, -0.1) is 6.42 Å². The molecule has 1 rings (SSSR count). The minimum absolute atomic E-state index is 0.315. The highest BCUT2D eigenvalue weighted by Crippen LogP contribution is 2.25. The highest BCUT2D eigenvalue weighted by Gasteiger charge is 2.01. The van der Waals surface area contributed by atoms with Crippen molar-refractivity contribution in [2.75, 3.05) is 19.7 Å². The molecule has 0 bridgehead atoms. The van der Waals surface area contributed by atoms with Crippen molar-refractivity contribution >= 4 is 15.9 Å². The average molecular weight is 272 g/mol. The molecule has 0 unspecified atom stereocenters. The maximum atomic E-state index is 12.8. The van der Waals surface area contributed by atoms with E-state index in [1.165, 1.54) is 12.1 Å². The second kappa shape index (κ2) is 6.44. The molecular weight excluding hydrogens is 261 g/mol. The normalized spacial score (nSPS) is 9.67. The highest BCUT2D eigenvalue weighted by molar-refractivity contribution is 9.10. The van der Waals surface area contributed by atoms with Gasteiger partial charge in [-0.1, -0.05) is 5.92 Å². The molecule has 0 aromatic heterocycles. The molecule has 0 saturated carbocycles. The molecule has 1 aromatic rings. The second-order valence-electron chi connectivity index (χ2n) is 2.80. The summed E-state index contributed by atoms with van der Waals surface area (Å²) < 4.78 is 18.9. The number of ether oxygens (including phenoxy) is 1. The maximum absolute atomic E-state index is 12.8. The van der Waals surface area contributed by atoms with Gasteiger partial charge in [0.1, 0.15) is 18.2 Å².